The Morgan fingerprint density at radius 3 is 2.33 bits per heavy atom. The van der Waals surface area contributed by atoms with Gasteiger partial charge in [0.05, 0.1) is 15.2 Å². The lowest BCUT2D eigenvalue weighted by molar-refractivity contribution is -0.384. The molecule has 126 valence electrons. The van der Waals surface area contributed by atoms with Gasteiger partial charge in [0, 0.05) is 29.5 Å². The number of hydrogen-bond donors (Lipinski definition) is 0. The number of sulfonamides is 1. The summed E-state index contributed by atoms with van der Waals surface area (Å²) in [6.45, 7) is 0.386. The van der Waals surface area contributed by atoms with Crippen LogP contribution in [0.2, 0.25) is 5.02 Å². The van der Waals surface area contributed by atoms with E-state index in [4.69, 9.17) is 11.6 Å². The summed E-state index contributed by atoms with van der Waals surface area (Å²) < 4.78 is 27.2. The van der Waals surface area contributed by atoms with Gasteiger partial charge in [0.15, 0.2) is 0 Å². The summed E-state index contributed by atoms with van der Waals surface area (Å²) >= 11 is 7.42. The number of hydrogen-bond acceptors (Lipinski definition) is 5. The fourth-order valence-electron chi connectivity index (χ4n) is 2.47. The number of thioether (sulfide) groups is 1. The standard InChI is InChI=1S/C15H13ClN2O4S2/c16-12-3-1-11(2-4-12)15-17(9-10-23-15)24(21,22)14-7-5-13(6-8-14)18(19)20/h1-8,15H,9-10H2. The molecule has 0 aliphatic carbocycles. The van der Waals surface area contributed by atoms with Crippen LogP contribution in [-0.2, 0) is 10.0 Å². The maximum absolute atomic E-state index is 12.9. The van der Waals surface area contributed by atoms with E-state index in [2.05, 4.69) is 0 Å². The van der Waals surface area contributed by atoms with Gasteiger partial charge in [-0.15, -0.1) is 11.8 Å². The van der Waals surface area contributed by atoms with Crippen molar-refractivity contribution in [2.75, 3.05) is 12.3 Å². The second-order valence-corrected chi connectivity index (χ2v) is 8.66. The molecule has 1 fully saturated rings. The predicted molar refractivity (Wildman–Crippen MR) is 93.6 cm³/mol. The molecule has 1 atom stereocenters. The third-order valence-corrected chi connectivity index (χ3v) is 7.18. The number of nitro benzene ring substituents is 1. The molecule has 24 heavy (non-hydrogen) atoms. The van der Waals surface area contributed by atoms with Crippen molar-refractivity contribution in [1.29, 1.82) is 0 Å². The average molecular weight is 385 g/mol. The summed E-state index contributed by atoms with van der Waals surface area (Å²) in [7, 11) is -3.73. The summed E-state index contributed by atoms with van der Waals surface area (Å²) in [6.07, 6.45) is 0. The van der Waals surface area contributed by atoms with E-state index in [1.54, 1.807) is 12.1 Å². The summed E-state index contributed by atoms with van der Waals surface area (Å²) in [4.78, 5) is 10.2. The molecule has 9 heteroatoms. The lowest BCUT2D eigenvalue weighted by Gasteiger charge is -2.23. The van der Waals surface area contributed by atoms with E-state index in [0.717, 1.165) is 5.56 Å². The number of non-ortho nitro benzene ring substituents is 1. The van der Waals surface area contributed by atoms with E-state index in [-0.39, 0.29) is 16.0 Å². The average Bonchev–Trinajstić information content (AvgIpc) is 3.06. The SMILES string of the molecule is O=[N+]([O-])c1ccc(S(=O)(=O)N2CCSC2c2ccc(Cl)cc2)cc1. The van der Waals surface area contributed by atoms with Gasteiger partial charge in [-0.05, 0) is 29.8 Å². The van der Waals surface area contributed by atoms with Crippen LogP contribution in [0.1, 0.15) is 10.9 Å². The van der Waals surface area contributed by atoms with E-state index >= 15 is 0 Å². The Morgan fingerprint density at radius 1 is 1.12 bits per heavy atom. The van der Waals surface area contributed by atoms with Gasteiger partial charge in [0.2, 0.25) is 10.0 Å². The number of nitrogens with zero attached hydrogens (tertiary/aromatic N) is 2. The van der Waals surface area contributed by atoms with Crippen LogP contribution < -0.4 is 0 Å². The van der Waals surface area contributed by atoms with Gasteiger partial charge in [-0.25, -0.2) is 8.42 Å². The zero-order valence-corrected chi connectivity index (χ0v) is 14.7. The lowest BCUT2D eigenvalue weighted by atomic mass is 10.2. The molecule has 0 spiro atoms. The number of halogens is 1. The van der Waals surface area contributed by atoms with E-state index in [9.17, 15) is 18.5 Å². The molecular weight excluding hydrogens is 372 g/mol. The Balaban J connectivity index is 1.93. The van der Waals surface area contributed by atoms with Crippen molar-refractivity contribution < 1.29 is 13.3 Å². The zero-order chi connectivity index (χ0) is 17.3. The minimum absolute atomic E-state index is 0.0505. The second-order valence-electron chi connectivity index (χ2n) is 5.14. The molecule has 1 heterocycles. The van der Waals surface area contributed by atoms with E-state index in [0.29, 0.717) is 17.3 Å². The molecule has 1 aliphatic heterocycles. The fraction of sp³-hybridized carbons (Fsp3) is 0.200. The Bertz CT molecular complexity index is 854. The predicted octanol–water partition coefficient (Wildman–Crippen LogP) is 3.68. The molecule has 1 saturated heterocycles. The van der Waals surface area contributed by atoms with Crippen molar-refractivity contribution in [3.63, 3.8) is 0 Å². The summed E-state index contributed by atoms with van der Waals surface area (Å²) in [5.41, 5.74) is 0.714. The zero-order valence-electron chi connectivity index (χ0n) is 12.3. The highest BCUT2D eigenvalue weighted by molar-refractivity contribution is 8.01. The van der Waals surface area contributed by atoms with Crippen molar-refractivity contribution >= 4 is 39.1 Å². The molecule has 2 aromatic rings. The number of benzene rings is 2. The Morgan fingerprint density at radius 2 is 1.75 bits per heavy atom. The number of rotatable bonds is 4. The topological polar surface area (TPSA) is 80.5 Å². The van der Waals surface area contributed by atoms with E-state index in [1.165, 1.54) is 40.3 Å². The van der Waals surface area contributed by atoms with Crippen molar-refractivity contribution in [2.45, 2.75) is 10.3 Å². The van der Waals surface area contributed by atoms with Gasteiger partial charge in [0.25, 0.3) is 5.69 Å². The van der Waals surface area contributed by atoms with Crippen molar-refractivity contribution in [3.8, 4) is 0 Å². The summed E-state index contributed by atoms with van der Waals surface area (Å²) in [5, 5.41) is 11.0. The molecule has 2 aromatic carbocycles. The quantitative estimate of drug-likeness (QED) is 0.593. The minimum Gasteiger partial charge on any atom is -0.258 e. The van der Waals surface area contributed by atoms with Gasteiger partial charge >= 0.3 is 0 Å². The van der Waals surface area contributed by atoms with Crippen LogP contribution in [0, 0.1) is 10.1 Å². The summed E-state index contributed by atoms with van der Waals surface area (Å²) in [5.74, 6) is 0.680. The van der Waals surface area contributed by atoms with Gasteiger partial charge in [-0.2, -0.15) is 4.31 Å². The van der Waals surface area contributed by atoms with Gasteiger partial charge in [0.1, 0.15) is 0 Å². The molecular formula is C15H13ClN2O4S2. The highest BCUT2D eigenvalue weighted by atomic mass is 35.5. The monoisotopic (exact) mass is 384 g/mol. The molecule has 6 nitrogen and oxygen atoms in total. The van der Waals surface area contributed by atoms with Crippen molar-refractivity contribution in [3.05, 3.63) is 69.2 Å². The smallest absolute Gasteiger partial charge is 0.258 e. The summed E-state index contributed by atoms with van der Waals surface area (Å²) in [6, 6.07) is 12.0. The minimum atomic E-state index is -3.73. The second kappa shape index (κ2) is 6.72. The fourth-order valence-corrected chi connectivity index (χ4v) is 5.83. The molecule has 3 rings (SSSR count). The Hall–Kier alpha value is -1.61. The third-order valence-electron chi connectivity index (χ3n) is 3.66. The Kier molecular flexibility index (Phi) is 4.82. The first kappa shape index (κ1) is 17.2. The van der Waals surface area contributed by atoms with Crippen LogP contribution in [-0.4, -0.2) is 29.9 Å². The number of nitro groups is 1. The van der Waals surface area contributed by atoms with Crippen molar-refractivity contribution in [2.24, 2.45) is 0 Å². The molecule has 0 bridgehead atoms. The first-order chi connectivity index (χ1) is 11.4. The van der Waals surface area contributed by atoms with Crippen molar-refractivity contribution in [1.82, 2.24) is 4.31 Å². The van der Waals surface area contributed by atoms with Gasteiger partial charge in [-0.1, -0.05) is 23.7 Å². The van der Waals surface area contributed by atoms with Crippen LogP contribution >= 0.6 is 23.4 Å². The first-order valence-electron chi connectivity index (χ1n) is 7.03. The molecule has 0 saturated carbocycles. The van der Waals surface area contributed by atoms with Gasteiger partial charge < -0.3 is 0 Å². The first-order valence-corrected chi connectivity index (χ1v) is 9.89. The maximum atomic E-state index is 12.9. The van der Waals surface area contributed by atoms with Gasteiger partial charge in [-0.3, -0.25) is 10.1 Å². The van der Waals surface area contributed by atoms with Crippen LogP contribution in [0.15, 0.2) is 53.4 Å². The molecule has 1 aliphatic rings. The normalized spacial score (nSPS) is 18.6. The third kappa shape index (κ3) is 3.27. The maximum Gasteiger partial charge on any atom is 0.269 e. The molecule has 0 N–H and O–H groups in total. The van der Waals surface area contributed by atoms with Crippen LogP contribution in [0.5, 0.6) is 0 Å². The van der Waals surface area contributed by atoms with E-state index in [1.807, 2.05) is 12.1 Å². The Labute approximate surface area is 148 Å². The van der Waals surface area contributed by atoms with Crippen LogP contribution in [0.3, 0.4) is 0 Å². The van der Waals surface area contributed by atoms with Crippen LogP contribution in [0.4, 0.5) is 5.69 Å². The molecule has 0 radical (unpaired) electrons. The highest BCUT2D eigenvalue weighted by Gasteiger charge is 2.36. The largest absolute Gasteiger partial charge is 0.269 e. The molecule has 0 amide bonds. The lowest BCUT2D eigenvalue weighted by Crippen LogP contribution is -2.30. The van der Waals surface area contributed by atoms with Crippen LogP contribution in [0.25, 0.3) is 0 Å². The molecule has 1 unspecified atom stereocenters. The van der Waals surface area contributed by atoms with E-state index < -0.39 is 14.9 Å². The molecule has 0 aromatic heterocycles. The highest BCUT2D eigenvalue weighted by Crippen LogP contribution is 2.41.